The van der Waals surface area contributed by atoms with Gasteiger partial charge in [-0.05, 0) is 35.2 Å². The molecule has 0 saturated carbocycles. The normalized spacial score (nSPS) is 19.9. The van der Waals surface area contributed by atoms with E-state index in [-0.39, 0.29) is 24.1 Å². The predicted molar refractivity (Wildman–Crippen MR) is 129 cm³/mol. The van der Waals surface area contributed by atoms with Gasteiger partial charge < -0.3 is 20.5 Å². The van der Waals surface area contributed by atoms with Crippen LogP contribution in [0.4, 0.5) is 22.4 Å². The first kappa shape index (κ1) is 25.2. The van der Waals surface area contributed by atoms with Gasteiger partial charge in [-0.2, -0.15) is 13.2 Å². The van der Waals surface area contributed by atoms with Gasteiger partial charge in [0.15, 0.2) is 10.7 Å². The highest BCUT2D eigenvalue weighted by Crippen LogP contribution is 2.33. The topological polar surface area (TPSA) is 87.9 Å². The van der Waals surface area contributed by atoms with Gasteiger partial charge in [-0.25, -0.2) is 14.2 Å². The number of ether oxygens (including phenoxy) is 1. The van der Waals surface area contributed by atoms with Gasteiger partial charge in [-0.1, -0.05) is 47.7 Å². The number of fused-ring (bicyclic) bond motifs is 1. The molecule has 0 aliphatic carbocycles. The fourth-order valence-corrected chi connectivity index (χ4v) is 5.20. The molecule has 0 spiro atoms. The van der Waals surface area contributed by atoms with Crippen LogP contribution in [0.2, 0.25) is 0 Å². The number of rotatable bonds is 6. The Morgan fingerprint density at radius 2 is 1.97 bits per heavy atom. The average Bonchev–Trinajstić information content (AvgIpc) is 3.53. The minimum absolute atomic E-state index is 0.0873. The van der Waals surface area contributed by atoms with Crippen molar-refractivity contribution >= 4 is 22.4 Å². The Morgan fingerprint density at radius 3 is 2.68 bits per heavy atom. The largest absolute Gasteiger partial charge is 0.442 e. The third kappa shape index (κ3) is 5.76. The van der Waals surface area contributed by atoms with E-state index in [0.717, 1.165) is 33.5 Å². The molecule has 1 saturated heterocycles. The van der Waals surface area contributed by atoms with Gasteiger partial charge in [0.25, 0.3) is 0 Å². The van der Waals surface area contributed by atoms with Gasteiger partial charge in [-0.3, -0.25) is 4.40 Å². The Morgan fingerprint density at radius 1 is 1.19 bits per heavy atom. The van der Waals surface area contributed by atoms with E-state index >= 15 is 0 Å². The smallest absolute Gasteiger partial charge is 0.434 e. The van der Waals surface area contributed by atoms with E-state index in [9.17, 15) is 27.5 Å². The molecule has 1 fully saturated rings. The first-order chi connectivity index (χ1) is 17.7. The lowest BCUT2D eigenvalue weighted by molar-refractivity contribution is -0.140. The van der Waals surface area contributed by atoms with Crippen LogP contribution in [-0.4, -0.2) is 45.4 Å². The number of carbonyl (C=O) groups is 1. The molecule has 2 aromatic heterocycles. The number of nitrogens with one attached hydrogen (secondary N) is 2. The van der Waals surface area contributed by atoms with Crippen molar-refractivity contribution in [3.8, 4) is 10.4 Å². The highest BCUT2D eigenvalue weighted by molar-refractivity contribution is 7.20. The van der Waals surface area contributed by atoms with E-state index in [1.165, 1.54) is 16.5 Å². The van der Waals surface area contributed by atoms with Crippen molar-refractivity contribution < 1.29 is 32.2 Å². The zero-order valence-corrected chi connectivity index (χ0v) is 20.0. The van der Waals surface area contributed by atoms with Crippen molar-refractivity contribution in [2.75, 3.05) is 6.54 Å². The number of aliphatic hydroxyl groups excluding tert-OH is 1. The zero-order chi connectivity index (χ0) is 26.2. The Bertz CT molecular complexity index is 1370. The summed E-state index contributed by atoms with van der Waals surface area (Å²) >= 11 is 1.16. The van der Waals surface area contributed by atoms with Gasteiger partial charge in [-0.15, -0.1) is 0 Å². The van der Waals surface area contributed by atoms with E-state index < -0.39 is 36.0 Å². The minimum atomic E-state index is -4.49. The first-order valence-corrected chi connectivity index (χ1v) is 12.2. The second-order valence-electron chi connectivity index (χ2n) is 8.75. The average molecular weight is 535 g/mol. The maximum Gasteiger partial charge on any atom is 0.434 e. The van der Waals surface area contributed by atoms with Crippen molar-refractivity contribution in [1.82, 2.24) is 20.0 Å². The van der Waals surface area contributed by atoms with Crippen molar-refractivity contribution in [3.05, 3.63) is 83.6 Å². The lowest BCUT2D eigenvalue weighted by Crippen LogP contribution is -2.41. The molecule has 1 amide bonds. The van der Waals surface area contributed by atoms with E-state index in [4.69, 9.17) is 4.74 Å². The number of hydrogen-bond acceptors (Lipinski definition) is 6. The number of imidazole rings is 1. The Labute approximate surface area is 212 Å². The number of β-amino-alcohol motifs (C(OH)–C–C–N with tert-alkyl or cyclic N) is 1. The number of halogens is 4. The molecule has 1 aliphatic rings. The van der Waals surface area contributed by atoms with Crippen LogP contribution in [-0.2, 0) is 23.9 Å². The molecule has 7 nitrogen and oxygen atoms in total. The molecular formula is C25H22F4N4O3S. The van der Waals surface area contributed by atoms with E-state index in [1.54, 1.807) is 18.3 Å². The van der Waals surface area contributed by atoms with Gasteiger partial charge >= 0.3 is 12.3 Å². The molecule has 3 N–H and O–H groups in total. The van der Waals surface area contributed by atoms with Crippen LogP contribution in [0.25, 0.3) is 15.4 Å². The number of benzene rings is 2. The summed E-state index contributed by atoms with van der Waals surface area (Å²) in [6, 6.07) is 13.0. The molecule has 4 aromatic rings. The highest BCUT2D eigenvalue weighted by Gasteiger charge is 2.38. The van der Waals surface area contributed by atoms with E-state index in [2.05, 4.69) is 15.6 Å². The van der Waals surface area contributed by atoms with E-state index in [1.807, 2.05) is 24.3 Å². The molecule has 3 heterocycles. The fourth-order valence-electron chi connectivity index (χ4n) is 4.23. The molecule has 5 rings (SSSR count). The Kier molecular flexibility index (Phi) is 6.88. The van der Waals surface area contributed by atoms with Crippen molar-refractivity contribution in [2.24, 2.45) is 0 Å². The third-order valence-electron chi connectivity index (χ3n) is 6.07. The van der Waals surface area contributed by atoms with Crippen molar-refractivity contribution in [3.63, 3.8) is 0 Å². The second-order valence-corrected chi connectivity index (χ2v) is 9.75. The SMILES string of the molecule is O=C(NCc1cccc(F)c1)O[C@H]1C(Cc2ccc(-c3cn4cc(C(F)(F)F)nc4s3)cc2)NC[C@@H]1O. The molecule has 194 valence electrons. The summed E-state index contributed by atoms with van der Waals surface area (Å²) in [7, 11) is 0. The molecule has 37 heavy (non-hydrogen) atoms. The maximum absolute atomic E-state index is 13.3. The Balaban J connectivity index is 1.20. The van der Waals surface area contributed by atoms with Gasteiger partial charge in [0.05, 0.1) is 10.9 Å². The number of aromatic nitrogens is 2. The van der Waals surface area contributed by atoms with Crippen LogP contribution < -0.4 is 10.6 Å². The van der Waals surface area contributed by atoms with Crippen LogP contribution in [0.1, 0.15) is 16.8 Å². The van der Waals surface area contributed by atoms with Crippen LogP contribution >= 0.6 is 11.3 Å². The number of carbonyl (C=O) groups excluding carboxylic acids is 1. The number of alkyl carbamates (subject to hydrolysis) is 1. The third-order valence-corrected chi connectivity index (χ3v) is 7.12. The molecule has 0 bridgehead atoms. The zero-order valence-electron chi connectivity index (χ0n) is 19.2. The fraction of sp³-hybridized carbons (Fsp3) is 0.280. The van der Waals surface area contributed by atoms with Crippen LogP contribution in [0.15, 0.2) is 60.9 Å². The minimum Gasteiger partial charge on any atom is -0.442 e. The predicted octanol–water partition coefficient (Wildman–Crippen LogP) is 4.39. The van der Waals surface area contributed by atoms with Crippen molar-refractivity contribution in [1.29, 1.82) is 0 Å². The lowest BCUT2D eigenvalue weighted by atomic mass is 10.0. The van der Waals surface area contributed by atoms with Gasteiger partial charge in [0, 0.05) is 25.5 Å². The van der Waals surface area contributed by atoms with Crippen molar-refractivity contribution in [2.45, 2.75) is 37.4 Å². The summed E-state index contributed by atoms with van der Waals surface area (Å²) in [4.78, 5) is 17.0. The summed E-state index contributed by atoms with van der Waals surface area (Å²) < 4.78 is 58.7. The molecule has 0 radical (unpaired) electrons. The Hall–Kier alpha value is -3.48. The summed E-state index contributed by atoms with van der Waals surface area (Å²) in [6.07, 6.45) is -3.81. The number of amides is 1. The van der Waals surface area contributed by atoms with Gasteiger partial charge in [0.2, 0.25) is 0 Å². The monoisotopic (exact) mass is 534 g/mol. The molecule has 2 aromatic carbocycles. The summed E-state index contributed by atoms with van der Waals surface area (Å²) in [6.45, 7) is 0.351. The molecule has 1 unspecified atom stereocenters. The number of nitrogens with zero attached hydrogens (tertiary/aromatic N) is 2. The molecule has 3 atom stereocenters. The first-order valence-electron chi connectivity index (χ1n) is 11.4. The lowest BCUT2D eigenvalue weighted by Gasteiger charge is -2.22. The quantitative estimate of drug-likeness (QED) is 0.320. The number of aliphatic hydroxyl groups is 1. The van der Waals surface area contributed by atoms with E-state index in [0.29, 0.717) is 12.0 Å². The molecule has 12 heteroatoms. The number of hydrogen-bond donors (Lipinski definition) is 3. The van der Waals surface area contributed by atoms with Crippen LogP contribution in [0.3, 0.4) is 0 Å². The number of thiazole rings is 1. The van der Waals surface area contributed by atoms with Gasteiger partial charge in [0.1, 0.15) is 18.0 Å². The summed E-state index contributed by atoms with van der Waals surface area (Å²) in [5.41, 5.74) is 1.41. The molecular weight excluding hydrogens is 512 g/mol. The highest BCUT2D eigenvalue weighted by atomic mass is 32.1. The maximum atomic E-state index is 13.3. The van der Waals surface area contributed by atoms with Crippen LogP contribution in [0.5, 0.6) is 0 Å². The molecule has 1 aliphatic heterocycles. The summed E-state index contributed by atoms with van der Waals surface area (Å²) in [5.74, 6) is -0.404. The summed E-state index contributed by atoms with van der Waals surface area (Å²) in [5, 5.41) is 16.1. The number of alkyl halides is 3. The second kappa shape index (κ2) is 10.1. The van der Waals surface area contributed by atoms with Crippen LogP contribution in [0, 0.1) is 5.82 Å². The standard InChI is InChI=1S/C25H22F4N4O3S/c26-17-3-1-2-15(8-17)10-31-24(35)36-22-18(30-11-19(22)34)9-14-4-6-16(7-5-14)20-12-33-13-21(25(27,28)29)32-23(33)37-20/h1-8,12-13,18-19,22,30,34H,9-11H2,(H,31,35)/t18?,19-,22-/m0/s1.